The zero-order chi connectivity index (χ0) is 47.3. The Balaban J connectivity index is 0.974. The van der Waals surface area contributed by atoms with Crippen molar-refractivity contribution < 1.29 is 28.7 Å². The van der Waals surface area contributed by atoms with Gasteiger partial charge in [0.2, 0.25) is 11.8 Å². The number of aromatic amines is 2. The number of methoxy groups -OCH3 is 2. The lowest BCUT2D eigenvalue weighted by atomic mass is 9.82. The highest BCUT2D eigenvalue weighted by atomic mass is 16.5. The molecule has 0 radical (unpaired) electrons. The molecule has 4 aliphatic rings. The van der Waals surface area contributed by atoms with Crippen LogP contribution in [0.3, 0.4) is 0 Å². The highest BCUT2D eigenvalue weighted by Gasteiger charge is 2.44. The average Bonchev–Trinajstić information content (AvgIpc) is 4.19. The number of hydrogen-bond acceptors (Lipinski definition) is 8. The fourth-order valence-corrected chi connectivity index (χ4v) is 11.6. The summed E-state index contributed by atoms with van der Waals surface area (Å²) in [6, 6.07) is 18.0. The summed E-state index contributed by atoms with van der Waals surface area (Å²) < 4.78 is 9.68. The second-order valence-electron chi connectivity index (χ2n) is 20.7. The third kappa shape index (κ3) is 8.91. The molecule has 67 heavy (non-hydrogen) atoms. The molecule has 2 aliphatic carbocycles. The minimum absolute atomic E-state index is 0.113. The number of nitrogens with zero attached hydrogens (tertiary/aromatic N) is 4. The highest BCUT2D eigenvalue weighted by molar-refractivity contribution is 5.89. The molecule has 6 unspecified atom stereocenters. The van der Waals surface area contributed by atoms with Gasteiger partial charge in [0.1, 0.15) is 23.7 Å². The third-order valence-corrected chi connectivity index (χ3v) is 15.1. The Morgan fingerprint density at radius 1 is 0.687 bits per heavy atom. The number of fused-ring (bicyclic) bond motifs is 2. The molecule has 4 heterocycles. The summed E-state index contributed by atoms with van der Waals surface area (Å²) in [6.45, 7) is 13.2. The van der Waals surface area contributed by atoms with Gasteiger partial charge in [-0.1, -0.05) is 96.8 Å². The van der Waals surface area contributed by atoms with Crippen molar-refractivity contribution in [2.24, 2.45) is 29.1 Å². The monoisotopic (exact) mass is 911 g/mol. The van der Waals surface area contributed by atoms with Gasteiger partial charge in [0.05, 0.1) is 49.2 Å². The largest absolute Gasteiger partial charge is 0.453 e. The first-order valence-corrected chi connectivity index (χ1v) is 24.3. The van der Waals surface area contributed by atoms with E-state index in [0.29, 0.717) is 13.1 Å². The van der Waals surface area contributed by atoms with E-state index in [2.05, 4.69) is 89.0 Å². The summed E-state index contributed by atoms with van der Waals surface area (Å²) in [5.41, 5.74) is 11.7. The lowest BCUT2D eigenvalue weighted by Crippen LogP contribution is -2.51. The van der Waals surface area contributed by atoms with E-state index in [1.807, 2.05) is 43.7 Å². The van der Waals surface area contributed by atoms with Gasteiger partial charge in [-0.15, -0.1) is 0 Å². The van der Waals surface area contributed by atoms with E-state index in [1.165, 1.54) is 67.7 Å². The Hall–Kier alpha value is -6.18. The van der Waals surface area contributed by atoms with Crippen molar-refractivity contribution in [3.8, 4) is 33.5 Å². The van der Waals surface area contributed by atoms with Crippen molar-refractivity contribution in [3.63, 3.8) is 0 Å². The molecule has 0 bridgehead atoms. The SMILES string of the molecule is COC(=O)NC(C(=O)N1CC(C)CC1c1ncc(-c2ccc(-c3ccc(-c4ccc5nc(C6CC(C)CN6C(=O)C(NC(=O)OC)C(C)C)[nH]c5c4)c4c3CC3(CCCC3)C4)cc2)[nH]1)C(C)C. The summed E-state index contributed by atoms with van der Waals surface area (Å²) in [5.74, 6) is 1.58. The highest BCUT2D eigenvalue weighted by Crippen LogP contribution is 2.53. The number of H-pyrrole nitrogens is 2. The Morgan fingerprint density at radius 3 is 1.73 bits per heavy atom. The van der Waals surface area contributed by atoms with E-state index in [4.69, 9.17) is 19.4 Å². The van der Waals surface area contributed by atoms with Crippen LogP contribution < -0.4 is 10.6 Å². The Kier molecular flexibility index (Phi) is 12.7. The summed E-state index contributed by atoms with van der Waals surface area (Å²) in [7, 11) is 2.62. The first-order valence-electron chi connectivity index (χ1n) is 24.3. The molecule has 2 saturated heterocycles. The first kappa shape index (κ1) is 46.0. The quantitative estimate of drug-likeness (QED) is 0.101. The van der Waals surface area contributed by atoms with Gasteiger partial charge >= 0.3 is 12.2 Å². The van der Waals surface area contributed by atoms with Crippen LogP contribution in [0.4, 0.5) is 9.59 Å². The van der Waals surface area contributed by atoms with E-state index < -0.39 is 24.3 Å². The van der Waals surface area contributed by atoms with Crippen LogP contribution in [-0.4, -0.2) is 93.1 Å². The van der Waals surface area contributed by atoms with Crippen molar-refractivity contribution in [3.05, 3.63) is 83.6 Å². The molecule has 9 rings (SSSR count). The van der Waals surface area contributed by atoms with Gasteiger partial charge in [-0.25, -0.2) is 19.6 Å². The maximum absolute atomic E-state index is 14.0. The second-order valence-corrected chi connectivity index (χ2v) is 20.7. The van der Waals surface area contributed by atoms with Gasteiger partial charge in [-0.05, 0) is 119 Å². The van der Waals surface area contributed by atoms with Crippen LogP contribution in [0.25, 0.3) is 44.5 Å². The minimum Gasteiger partial charge on any atom is -0.453 e. The standard InChI is InChI=1S/C53H66N8O6/c1-29(2)45(58-51(64)66-7)49(62)60-27-31(5)21-43(60)47-54-26-42(57-47)34-13-11-33(12-14-34)36-16-17-37(39-25-53(24-38(36)39)19-9-10-20-53)35-15-18-40-41(23-35)56-48(55-40)44-22-32(6)28-61(44)50(63)46(30(3)4)59-52(65)67-8/h11-18,23,26,29-32,43-46H,9-10,19-22,24-25,27-28H2,1-8H3,(H,54,57)(H,55,56)(H,58,64)(H,59,65). The topological polar surface area (TPSA) is 175 Å². The number of aromatic nitrogens is 4. The van der Waals surface area contributed by atoms with E-state index >= 15 is 0 Å². The maximum Gasteiger partial charge on any atom is 0.407 e. The number of carbonyl (C=O) groups excluding carboxylic acids is 4. The number of alkyl carbamates (subject to hydrolysis) is 2. The molecular weight excluding hydrogens is 845 g/mol. The number of nitrogens with one attached hydrogen (secondary N) is 4. The van der Waals surface area contributed by atoms with E-state index in [9.17, 15) is 19.2 Å². The van der Waals surface area contributed by atoms with Crippen LogP contribution in [0.5, 0.6) is 0 Å². The molecule has 2 aliphatic heterocycles. The number of amides is 4. The molecule has 4 amide bonds. The van der Waals surface area contributed by atoms with E-state index in [0.717, 1.165) is 65.2 Å². The predicted molar refractivity (Wildman–Crippen MR) is 258 cm³/mol. The van der Waals surface area contributed by atoms with Crippen LogP contribution >= 0.6 is 0 Å². The number of imidazole rings is 2. The molecule has 5 aromatic rings. The fraction of sp³-hybridized carbons (Fsp3) is 0.509. The van der Waals surface area contributed by atoms with Crippen molar-refractivity contribution in [1.82, 2.24) is 40.4 Å². The maximum atomic E-state index is 14.0. The molecule has 14 heteroatoms. The van der Waals surface area contributed by atoms with E-state index in [-0.39, 0.29) is 53.0 Å². The zero-order valence-corrected chi connectivity index (χ0v) is 40.2. The van der Waals surface area contributed by atoms with Crippen LogP contribution in [0, 0.1) is 29.1 Å². The molecular formula is C53H66N8O6. The Labute approximate surface area is 393 Å². The average molecular weight is 911 g/mol. The number of benzene rings is 3. The van der Waals surface area contributed by atoms with Gasteiger partial charge in [-0.2, -0.15) is 0 Å². The molecule has 14 nitrogen and oxygen atoms in total. The normalized spacial score (nSPS) is 21.9. The van der Waals surface area contributed by atoms with Gasteiger partial charge in [-0.3, -0.25) is 9.59 Å². The number of likely N-dealkylation sites (tertiary alicyclic amines) is 2. The van der Waals surface area contributed by atoms with Crippen molar-refractivity contribution in [1.29, 1.82) is 0 Å². The number of hydrogen-bond donors (Lipinski definition) is 4. The lowest BCUT2D eigenvalue weighted by molar-refractivity contribution is -0.136. The number of rotatable bonds is 11. The van der Waals surface area contributed by atoms with Gasteiger partial charge in [0, 0.05) is 13.1 Å². The molecule has 1 spiro atoms. The molecule has 3 aromatic carbocycles. The summed E-state index contributed by atoms with van der Waals surface area (Å²) in [5, 5.41) is 5.50. The van der Waals surface area contributed by atoms with E-state index in [1.54, 1.807) is 0 Å². The first-order chi connectivity index (χ1) is 32.1. The van der Waals surface area contributed by atoms with Gasteiger partial charge in [0.15, 0.2) is 0 Å². The van der Waals surface area contributed by atoms with Crippen molar-refractivity contribution >= 4 is 35.0 Å². The number of carbonyl (C=O) groups is 4. The third-order valence-electron chi connectivity index (χ3n) is 15.1. The molecule has 2 aromatic heterocycles. The smallest absolute Gasteiger partial charge is 0.407 e. The Bertz CT molecular complexity index is 2660. The lowest BCUT2D eigenvalue weighted by Gasteiger charge is -2.30. The predicted octanol–water partition coefficient (Wildman–Crippen LogP) is 9.53. The van der Waals surface area contributed by atoms with Crippen molar-refractivity contribution in [2.45, 2.75) is 117 Å². The molecule has 4 N–H and O–H groups in total. The van der Waals surface area contributed by atoms with Gasteiger partial charge in [0.25, 0.3) is 0 Å². The van der Waals surface area contributed by atoms with Crippen molar-refractivity contribution in [2.75, 3.05) is 27.3 Å². The van der Waals surface area contributed by atoms with Crippen LogP contribution in [0.2, 0.25) is 0 Å². The van der Waals surface area contributed by atoms with Crippen LogP contribution in [0.15, 0.2) is 60.8 Å². The van der Waals surface area contributed by atoms with Crippen LogP contribution in [-0.2, 0) is 31.9 Å². The molecule has 354 valence electrons. The Morgan fingerprint density at radius 2 is 1.19 bits per heavy atom. The second kappa shape index (κ2) is 18.5. The number of ether oxygens (including phenoxy) is 2. The summed E-state index contributed by atoms with van der Waals surface area (Å²) in [4.78, 5) is 73.0. The molecule has 3 fully saturated rings. The van der Waals surface area contributed by atoms with Crippen LogP contribution in [0.1, 0.15) is 115 Å². The molecule has 1 saturated carbocycles. The minimum atomic E-state index is -0.701. The van der Waals surface area contributed by atoms with Gasteiger partial charge < -0.3 is 39.9 Å². The summed E-state index contributed by atoms with van der Waals surface area (Å²) in [6.07, 6.45) is 9.35. The molecule has 6 atom stereocenters. The summed E-state index contributed by atoms with van der Waals surface area (Å²) >= 11 is 0. The zero-order valence-electron chi connectivity index (χ0n) is 40.2. The fourth-order valence-electron chi connectivity index (χ4n) is 11.6.